The molecule has 86 valence electrons. The van der Waals surface area contributed by atoms with Gasteiger partial charge in [0.15, 0.2) is 5.16 Å². The monoisotopic (exact) mass is 245 g/mol. The summed E-state index contributed by atoms with van der Waals surface area (Å²) in [6.07, 6.45) is 0. The molecule has 0 fully saturated rings. The van der Waals surface area contributed by atoms with E-state index in [0.717, 1.165) is 11.7 Å². The third-order valence-electron chi connectivity index (χ3n) is 2.70. The Kier molecular flexibility index (Phi) is 2.48. The van der Waals surface area contributed by atoms with Crippen LogP contribution in [0.3, 0.4) is 0 Å². The molecule has 0 aliphatic carbocycles. The highest BCUT2D eigenvalue weighted by Gasteiger charge is 2.27. The minimum absolute atomic E-state index is 0.0564. The summed E-state index contributed by atoms with van der Waals surface area (Å²) in [5.41, 5.74) is 0.659. The fourth-order valence-corrected chi connectivity index (χ4v) is 2.86. The Hall–Kier alpha value is -1.62. The molecule has 0 amide bonds. The maximum Gasteiger partial charge on any atom is 0.230 e. The summed E-state index contributed by atoms with van der Waals surface area (Å²) in [5, 5.41) is 9.35. The van der Waals surface area contributed by atoms with Gasteiger partial charge in [-0.3, -0.25) is 9.36 Å². The second-order valence-electron chi connectivity index (χ2n) is 4.04. The highest BCUT2D eigenvalue weighted by atomic mass is 32.2. The van der Waals surface area contributed by atoms with Gasteiger partial charge in [-0.1, -0.05) is 49.0 Å². The van der Waals surface area contributed by atoms with Crippen molar-refractivity contribution >= 4 is 17.5 Å². The van der Waals surface area contributed by atoms with Gasteiger partial charge in [0, 0.05) is 17.4 Å². The minimum Gasteiger partial charge on any atom is -0.298 e. The van der Waals surface area contributed by atoms with Gasteiger partial charge in [-0.15, -0.1) is 10.2 Å². The van der Waals surface area contributed by atoms with Gasteiger partial charge in [-0.25, -0.2) is 0 Å². The van der Waals surface area contributed by atoms with Crippen molar-refractivity contribution in [2.45, 2.75) is 23.9 Å². The molecular formula is C12H11N3OS. The number of fused-ring (bicyclic) bond motifs is 1. The van der Waals surface area contributed by atoms with E-state index >= 15 is 0 Å². The zero-order chi connectivity index (χ0) is 11.8. The largest absolute Gasteiger partial charge is 0.298 e. The first-order valence-corrected chi connectivity index (χ1v) is 6.33. The summed E-state index contributed by atoms with van der Waals surface area (Å²) in [6, 6.07) is 9.20. The maximum atomic E-state index is 12.2. The van der Waals surface area contributed by atoms with Crippen molar-refractivity contribution in [3.63, 3.8) is 0 Å². The van der Waals surface area contributed by atoms with Crippen LogP contribution in [0.25, 0.3) is 0 Å². The molecule has 5 heteroatoms. The van der Waals surface area contributed by atoms with Crippen LogP contribution in [0.1, 0.15) is 23.1 Å². The molecular weight excluding hydrogens is 234 g/mol. The number of thioether (sulfide) groups is 1. The Balaban J connectivity index is 1.99. The first-order valence-electron chi connectivity index (χ1n) is 5.45. The molecule has 0 N–H and O–H groups in total. The van der Waals surface area contributed by atoms with E-state index in [1.54, 1.807) is 23.9 Å². The van der Waals surface area contributed by atoms with Crippen LogP contribution in [0.4, 0.5) is 0 Å². The van der Waals surface area contributed by atoms with E-state index in [1.807, 2.05) is 22.8 Å². The molecule has 2 heterocycles. The number of rotatable bonds is 2. The Bertz CT molecular complexity index is 564. The number of hydrogen-bond donors (Lipinski definition) is 0. The molecule has 4 nitrogen and oxygen atoms in total. The standard InChI is InChI=1S/C12H11N3OS/c1-8-7-15-11(13-14-12(15)17-8)10(16)9-5-3-2-4-6-9/h2-6,8H,7H2,1H3/t8-/m1/s1. The van der Waals surface area contributed by atoms with Crippen LogP contribution in [0.2, 0.25) is 0 Å². The smallest absolute Gasteiger partial charge is 0.230 e. The van der Waals surface area contributed by atoms with Gasteiger partial charge in [0.05, 0.1) is 0 Å². The number of ketones is 1. The van der Waals surface area contributed by atoms with Gasteiger partial charge in [0.25, 0.3) is 0 Å². The van der Waals surface area contributed by atoms with Crippen molar-refractivity contribution in [1.82, 2.24) is 14.8 Å². The predicted octanol–water partition coefficient (Wildman–Crippen LogP) is 2.00. The van der Waals surface area contributed by atoms with Crippen molar-refractivity contribution in [2.24, 2.45) is 0 Å². The Morgan fingerprint density at radius 1 is 1.35 bits per heavy atom. The Morgan fingerprint density at radius 2 is 2.12 bits per heavy atom. The quantitative estimate of drug-likeness (QED) is 0.759. The fourth-order valence-electron chi connectivity index (χ4n) is 1.90. The lowest BCUT2D eigenvalue weighted by Gasteiger charge is -2.02. The zero-order valence-electron chi connectivity index (χ0n) is 9.33. The van der Waals surface area contributed by atoms with Crippen LogP contribution in [-0.2, 0) is 6.54 Å². The van der Waals surface area contributed by atoms with Gasteiger partial charge in [-0.05, 0) is 0 Å². The van der Waals surface area contributed by atoms with Crippen LogP contribution >= 0.6 is 11.8 Å². The van der Waals surface area contributed by atoms with Crippen LogP contribution in [-0.4, -0.2) is 25.8 Å². The van der Waals surface area contributed by atoms with Gasteiger partial charge in [-0.2, -0.15) is 0 Å². The van der Waals surface area contributed by atoms with Gasteiger partial charge < -0.3 is 0 Å². The normalized spacial score (nSPS) is 18.1. The maximum absolute atomic E-state index is 12.2. The highest BCUT2D eigenvalue weighted by molar-refractivity contribution is 7.99. The molecule has 1 aromatic carbocycles. The molecule has 0 spiro atoms. The van der Waals surface area contributed by atoms with Crippen molar-refractivity contribution in [2.75, 3.05) is 0 Å². The van der Waals surface area contributed by atoms with Crippen molar-refractivity contribution in [1.29, 1.82) is 0 Å². The topological polar surface area (TPSA) is 47.8 Å². The van der Waals surface area contributed by atoms with Crippen LogP contribution < -0.4 is 0 Å². The van der Waals surface area contributed by atoms with Gasteiger partial charge >= 0.3 is 0 Å². The average molecular weight is 245 g/mol. The van der Waals surface area contributed by atoms with Crippen molar-refractivity contribution < 1.29 is 4.79 Å². The summed E-state index contributed by atoms with van der Waals surface area (Å²) in [4.78, 5) is 12.2. The summed E-state index contributed by atoms with van der Waals surface area (Å²) >= 11 is 1.66. The zero-order valence-corrected chi connectivity index (χ0v) is 10.1. The van der Waals surface area contributed by atoms with Gasteiger partial charge in [0.2, 0.25) is 11.6 Å². The summed E-state index contributed by atoms with van der Waals surface area (Å²) in [6.45, 7) is 2.93. The molecule has 0 saturated carbocycles. The van der Waals surface area contributed by atoms with Crippen molar-refractivity contribution in [3.05, 3.63) is 41.7 Å². The van der Waals surface area contributed by atoms with E-state index in [-0.39, 0.29) is 5.78 Å². The van der Waals surface area contributed by atoms with E-state index in [1.165, 1.54) is 0 Å². The average Bonchev–Trinajstić information content (AvgIpc) is 2.88. The SMILES string of the molecule is C[C@@H]1Cn2c(nnc2C(=O)c2ccccc2)S1. The molecule has 2 aromatic rings. The Labute approximate surface area is 103 Å². The number of hydrogen-bond acceptors (Lipinski definition) is 4. The number of benzene rings is 1. The molecule has 17 heavy (non-hydrogen) atoms. The predicted molar refractivity (Wildman–Crippen MR) is 65.2 cm³/mol. The molecule has 0 radical (unpaired) electrons. The third-order valence-corrected chi connectivity index (χ3v) is 3.77. The fraction of sp³-hybridized carbons (Fsp3) is 0.250. The van der Waals surface area contributed by atoms with E-state index in [9.17, 15) is 4.79 Å². The first-order chi connectivity index (χ1) is 8.25. The molecule has 1 aromatic heterocycles. The number of aromatic nitrogens is 3. The summed E-state index contributed by atoms with van der Waals surface area (Å²) < 4.78 is 1.91. The molecule has 1 aliphatic heterocycles. The van der Waals surface area contributed by atoms with E-state index in [2.05, 4.69) is 17.1 Å². The molecule has 1 atom stereocenters. The second-order valence-corrected chi connectivity index (χ2v) is 5.45. The van der Waals surface area contributed by atoms with Crippen molar-refractivity contribution in [3.8, 4) is 0 Å². The molecule has 1 aliphatic rings. The van der Waals surface area contributed by atoms with E-state index in [4.69, 9.17) is 0 Å². The van der Waals surface area contributed by atoms with Crippen LogP contribution in [0, 0.1) is 0 Å². The van der Waals surface area contributed by atoms with Gasteiger partial charge in [0.1, 0.15) is 0 Å². The third kappa shape index (κ3) is 1.76. The lowest BCUT2D eigenvalue weighted by molar-refractivity contribution is 0.102. The minimum atomic E-state index is -0.0564. The van der Waals surface area contributed by atoms with Crippen LogP contribution in [0.5, 0.6) is 0 Å². The summed E-state index contributed by atoms with van der Waals surface area (Å²) in [5.74, 6) is 0.391. The molecule has 3 rings (SSSR count). The molecule has 0 bridgehead atoms. The number of nitrogens with zero attached hydrogens (tertiary/aromatic N) is 3. The lowest BCUT2D eigenvalue weighted by atomic mass is 10.1. The van der Waals surface area contributed by atoms with E-state index in [0.29, 0.717) is 16.6 Å². The first kappa shape index (κ1) is 10.5. The number of carbonyl (C=O) groups is 1. The van der Waals surface area contributed by atoms with Crippen LogP contribution in [0.15, 0.2) is 35.5 Å². The molecule has 0 saturated heterocycles. The summed E-state index contributed by atoms with van der Waals surface area (Å²) in [7, 11) is 0. The molecule has 0 unspecified atom stereocenters. The lowest BCUT2D eigenvalue weighted by Crippen LogP contribution is -2.12. The Morgan fingerprint density at radius 3 is 2.88 bits per heavy atom. The highest BCUT2D eigenvalue weighted by Crippen LogP contribution is 2.31. The number of carbonyl (C=O) groups excluding carboxylic acids is 1. The van der Waals surface area contributed by atoms with E-state index < -0.39 is 0 Å². The second kappa shape index (κ2) is 4.00.